The highest BCUT2D eigenvalue weighted by atomic mass is 16.2. The van der Waals surface area contributed by atoms with Gasteiger partial charge in [0.15, 0.2) is 0 Å². The van der Waals surface area contributed by atoms with Crippen molar-refractivity contribution in [2.24, 2.45) is 0 Å². The largest absolute Gasteiger partial charge is 0.354 e. The standard InChI is InChI=1S/C34H33N5O3/c1-3-28(22-12-7-5-8-13-22)38-32(40)24-18-19-29-27(20-24)30(33(41)39-29)31(23-14-9-6-10-15-23)36-25-16-11-17-26(21-25)37-34(42)35-4-2/h5-21,28,36H,3-4H2,1-2H3,(H,38,40)(H,39,41)(H2,35,37,42)/t28-/m1/s1. The molecule has 4 aromatic carbocycles. The molecule has 1 atom stereocenters. The summed E-state index contributed by atoms with van der Waals surface area (Å²) in [6, 6.07) is 31.5. The topological polar surface area (TPSA) is 111 Å². The van der Waals surface area contributed by atoms with Crippen molar-refractivity contribution in [2.75, 3.05) is 22.5 Å². The number of nitrogens with one attached hydrogen (secondary N) is 5. The first-order valence-corrected chi connectivity index (χ1v) is 14.0. The molecule has 0 aromatic heterocycles. The van der Waals surface area contributed by atoms with E-state index in [0.29, 0.717) is 46.0 Å². The van der Waals surface area contributed by atoms with Gasteiger partial charge < -0.3 is 26.6 Å². The van der Waals surface area contributed by atoms with Gasteiger partial charge in [0.25, 0.3) is 11.8 Å². The lowest BCUT2D eigenvalue weighted by molar-refractivity contribution is -0.110. The van der Waals surface area contributed by atoms with Crippen LogP contribution in [0.25, 0.3) is 11.3 Å². The van der Waals surface area contributed by atoms with Crippen molar-refractivity contribution >= 4 is 46.2 Å². The third-order valence-electron chi connectivity index (χ3n) is 6.98. The molecule has 0 spiro atoms. The molecule has 1 aliphatic rings. The molecule has 5 rings (SSSR count). The van der Waals surface area contributed by atoms with Crippen LogP contribution in [0.1, 0.15) is 53.4 Å². The van der Waals surface area contributed by atoms with Gasteiger partial charge >= 0.3 is 6.03 Å². The Morgan fingerprint density at radius 2 is 1.45 bits per heavy atom. The van der Waals surface area contributed by atoms with Gasteiger partial charge in [-0.3, -0.25) is 9.59 Å². The third-order valence-corrected chi connectivity index (χ3v) is 6.98. The van der Waals surface area contributed by atoms with Gasteiger partial charge in [-0.25, -0.2) is 4.79 Å². The van der Waals surface area contributed by atoms with E-state index in [-0.39, 0.29) is 23.9 Å². The minimum atomic E-state index is -0.302. The summed E-state index contributed by atoms with van der Waals surface area (Å²) in [6.07, 6.45) is 0.738. The summed E-state index contributed by atoms with van der Waals surface area (Å²) in [7, 11) is 0. The van der Waals surface area contributed by atoms with E-state index in [0.717, 1.165) is 17.5 Å². The van der Waals surface area contributed by atoms with Crippen LogP contribution in [0.3, 0.4) is 0 Å². The number of benzene rings is 4. The van der Waals surface area contributed by atoms with Gasteiger partial charge in [0, 0.05) is 34.7 Å². The Hall–Kier alpha value is -5.37. The Morgan fingerprint density at radius 3 is 2.14 bits per heavy atom. The number of anilines is 3. The zero-order valence-electron chi connectivity index (χ0n) is 23.5. The molecular weight excluding hydrogens is 526 g/mol. The monoisotopic (exact) mass is 559 g/mol. The highest BCUT2D eigenvalue weighted by Gasteiger charge is 2.30. The third kappa shape index (κ3) is 6.33. The first-order valence-electron chi connectivity index (χ1n) is 14.0. The number of urea groups is 1. The molecule has 8 heteroatoms. The van der Waals surface area contributed by atoms with E-state index in [4.69, 9.17) is 0 Å². The first-order chi connectivity index (χ1) is 20.5. The molecule has 0 aliphatic carbocycles. The van der Waals surface area contributed by atoms with E-state index in [2.05, 4.69) is 26.6 Å². The van der Waals surface area contributed by atoms with Gasteiger partial charge in [0.1, 0.15) is 0 Å². The van der Waals surface area contributed by atoms with Crippen LogP contribution in [0.15, 0.2) is 103 Å². The van der Waals surface area contributed by atoms with Crippen LogP contribution in [0.5, 0.6) is 0 Å². The summed E-state index contributed by atoms with van der Waals surface area (Å²) in [5, 5.41) is 15.0. The second-order valence-electron chi connectivity index (χ2n) is 9.87. The molecule has 4 aromatic rings. The smallest absolute Gasteiger partial charge is 0.319 e. The SMILES string of the molecule is CCNC(=O)Nc1cccc(NC(=C2C(=O)Nc3ccc(C(=O)N[C@H](CC)c4ccccc4)cc32)c2ccccc2)c1. The van der Waals surface area contributed by atoms with E-state index >= 15 is 0 Å². The highest BCUT2D eigenvalue weighted by molar-refractivity contribution is 6.37. The number of hydrogen-bond acceptors (Lipinski definition) is 4. The number of fused-ring (bicyclic) bond motifs is 1. The predicted molar refractivity (Wildman–Crippen MR) is 168 cm³/mol. The summed E-state index contributed by atoms with van der Waals surface area (Å²) in [4.78, 5) is 38.9. The van der Waals surface area contributed by atoms with Crippen molar-refractivity contribution in [3.05, 3.63) is 125 Å². The van der Waals surface area contributed by atoms with Gasteiger partial charge in [0.05, 0.1) is 17.3 Å². The van der Waals surface area contributed by atoms with E-state index in [1.807, 2.05) is 86.6 Å². The van der Waals surface area contributed by atoms with Crippen molar-refractivity contribution in [1.29, 1.82) is 0 Å². The normalized spacial score (nSPS) is 13.8. The highest BCUT2D eigenvalue weighted by Crippen LogP contribution is 2.38. The van der Waals surface area contributed by atoms with Crippen LogP contribution in [-0.4, -0.2) is 24.4 Å². The van der Waals surface area contributed by atoms with Crippen LogP contribution in [0, 0.1) is 0 Å². The van der Waals surface area contributed by atoms with Crippen LogP contribution >= 0.6 is 0 Å². The minimum Gasteiger partial charge on any atom is -0.354 e. The molecule has 0 bridgehead atoms. The molecule has 4 amide bonds. The van der Waals surface area contributed by atoms with Gasteiger partial charge in [-0.1, -0.05) is 73.7 Å². The maximum Gasteiger partial charge on any atom is 0.319 e. The van der Waals surface area contributed by atoms with Crippen LogP contribution in [0.4, 0.5) is 21.9 Å². The summed E-state index contributed by atoms with van der Waals surface area (Å²) >= 11 is 0. The molecule has 0 fully saturated rings. The Labute approximate surface area is 245 Å². The lowest BCUT2D eigenvalue weighted by atomic mass is 9.97. The van der Waals surface area contributed by atoms with Crippen molar-refractivity contribution in [3.63, 3.8) is 0 Å². The average Bonchev–Trinajstić information content (AvgIpc) is 3.34. The van der Waals surface area contributed by atoms with Gasteiger partial charge in [-0.2, -0.15) is 0 Å². The molecular formula is C34H33N5O3. The van der Waals surface area contributed by atoms with E-state index < -0.39 is 0 Å². The molecule has 1 heterocycles. The Morgan fingerprint density at radius 1 is 0.762 bits per heavy atom. The summed E-state index contributed by atoms with van der Waals surface area (Å²) in [5.41, 5.74) is 5.82. The van der Waals surface area contributed by atoms with Crippen molar-refractivity contribution in [2.45, 2.75) is 26.3 Å². The molecule has 1 aliphatic heterocycles. The Kier molecular flexibility index (Phi) is 8.63. The zero-order chi connectivity index (χ0) is 29.5. The molecule has 0 radical (unpaired) electrons. The minimum absolute atomic E-state index is 0.136. The van der Waals surface area contributed by atoms with Crippen molar-refractivity contribution in [3.8, 4) is 0 Å². The van der Waals surface area contributed by atoms with Crippen LogP contribution < -0.4 is 26.6 Å². The predicted octanol–water partition coefficient (Wildman–Crippen LogP) is 6.64. The number of rotatable bonds is 9. The molecule has 42 heavy (non-hydrogen) atoms. The Balaban J connectivity index is 1.51. The van der Waals surface area contributed by atoms with Gasteiger partial charge in [-0.05, 0) is 60.9 Å². The quantitative estimate of drug-likeness (QED) is 0.148. The molecule has 5 N–H and O–H groups in total. The average molecular weight is 560 g/mol. The van der Waals surface area contributed by atoms with Gasteiger partial charge in [-0.15, -0.1) is 0 Å². The zero-order valence-corrected chi connectivity index (χ0v) is 23.5. The number of hydrogen-bond donors (Lipinski definition) is 5. The van der Waals surface area contributed by atoms with Gasteiger partial charge in [0.2, 0.25) is 0 Å². The Bertz CT molecular complexity index is 1630. The fraction of sp³-hybridized carbons (Fsp3) is 0.147. The van der Waals surface area contributed by atoms with E-state index in [9.17, 15) is 14.4 Å². The number of carbonyl (C=O) groups is 3. The molecule has 0 saturated carbocycles. The van der Waals surface area contributed by atoms with Crippen molar-refractivity contribution in [1.82, 2.24) is 10.6 Å². The fourth-order valence-corrected chi connectivity index (χ4v) is 4.94. The summed E-state index contributed by atoms with van der Waals surface area (Å²) < 4.78 is 0. The van der Waals surface area contributed by atoms with Crippen LogP contribution in [-0.2, 0) is 4.79 Å². The maximum atomic E-state index is 13.4. The molecule has 0 saturated heterocycles. The second-order valence-corrected chi connectivity index (χ2v) is 9.87. The second kappa shape index (κ2) is 12.9. The fourth-order valence-electron chi connectivity index (χ4n) is 4.94. The lowest BCUT2D eigenvalue weighted by Crippen LogP contribution is -2.28. The number of amides is 4. The first kappa shape index (κ1) is 28.2. The summed E-state index contributed by atoms with van der Waals surface area (Å²) in [5.74, 6) is -0.494. The number of carbonyl (C=O) groups excluding carboxylic acids is 3. The molecule has 0 unspecified atom stereocenters. The maximum absolute atomic E-state index is 13.4. The van der Waals surface area contributed by atoms with E-state index in [1.54, 1.807) is 30.3 Å². The molecule has 212 valence electrons. The van der Waals surface area contributed by atoms with Crippen molar-refractivity contribution < 1.29 is 14.4 Å². The van der Waals surface area contributed by atoms with E-state index in [1.165, 1.54) is 0 Å². The molecule has 8 nitrogen and oxygen atoms in total. The van der Waals surface area contributed by atoms with Crippen LogP contribution in [0.2, 0.25) is 0 Å². The summed E-state index contributed by atoms with van der Waals surface area (Å²) in [6.45, 7) is 4.39. The lowest BCUT2D eigenvalue weighted by Gasteiger charge is -2.18.